The Kier molecular flexibility index (Phi) is 6.07. The van der Waals surface area contributed by atoms with Gasteiger partial charge in [-0.15, -0.1) is 0 Å². The highest BCUT2D eigenvalue weighted by Gasteiger charge is 2.33. The molecule has 1 atom stereocenters. The molecule has 0 aliphatic heterocycles. The minimum Gasteiger partial charge on any atom is -0.497 e. The van der Waals surface area contributed by atoms with Gasteiger partial charge >= 0.3 is 5.97 Å². The average molecular weight is 342 g/mol. The van der Waals surface area contributed by atoms with Crippen LogP contribution in [0.3, 0.4) is 0 Å². The van der Waals surface area contributed by atoms with Crippen molar-refractivity contribution in [1.29, 1.82) is 0 Å². The molecule has 0 saturated heterocycles. The van der Waals surface area contributed by atoms with Gasteiger partial charge in [0.15, 0.2) is 11.5 Å². The van der Waals surface area contributed by atoms with Gasteiger partial charge in [0.25, 0.3) is 0 Å². The highest BCUT2D eigenvalue weighted by Crippen LogP contribution is 2.33. The summed E-state index contributed by atoms with van der Waals surface area (Å²) < 4.78 is 16.2. The minimum absolute atomic E-state index is 0.248. The van der Waals surface area contributed by atoms with E-state index in [1.54, 1.807) is 26.4 Å². The summed E-state index contributed by atoms with van der Waals surface area (Å²) in [5.74, 6) is 1.20. The highest BCUT2D eigenvalue weighted by molar-refractivity contribution is 5.77. The molecule has 0 heterocycles. The number of methoxy groups -OCH3 is 2. The summed E-state index contributed by atoms with van der Waals surface area (Å²) in [4.78, 5) is 12.9. The molecule has 4 nitrogen and oxygen atoms in total. The monoisotopic (exact) mass is 342 g/mol. The third-order valence-corrected chi connectivity index (χ3v) is 4.18. The van der Waals surface area contributed by atoms with Crippen molar-refractivity contribution in [1.82, 2.24) is 0 Å². The van der Waals surface area contributed by atoms with E-state index in [4.69, 9.17) is 14.2 Å². The predicted octanol–water partition coefficient (Wildman–Crippen LogP) is 4.51. The molecule has 0 radical (unpaired) electrons. The number of hydrogen-bond acceptors (Lipinski definition) is 4. The van der Waals surface area contributed by atoms with Crippen LogP contribution < -0.4 is 14.2 Å². The molecule has 0 saturated carbocycles. The van der Waals surface area contributed by atoms with Crippen LogP contribution in [0.25, 0.3) is 0 Å². The van der Waals surface area contributed by atoms with Crippen LogP contribution in [0, 0.1) is 11.3 Å². The molecular weight excluding hydrogens is 316 g/mol. The summed E-state index contributed by atoms with van der Waals surface area (Å²) >= 11 is 0. The zero-order valence-corrected chi connectivity index (χ0v) is 15.5. The lowest BCUT2D eigenvalue weighted by molar-refractivity contribution is -0.142. The van der Waals surface area contributed by atoms with E-state index in [2.05, 4.69) is 0 Å². The van der Waals surface area contributed by atoms with Crippen molar-refractivity contribution in [3.8, 4) is 17.2 Å². The molecule has 0 aliphatic carbocycles. The Labute approximate surface area is 149 Å². The van der Waals surface area contributed by atoms with Gasteiger partial charge in [0.05, 0.1) is 20.1 Å². The summed E-state index contributed by atoms with van der Waals surface area (Å²) in [6.07, 6.45) is 0.578. The number of benzene rings is 2. The molecule has 0 aromatic heterocycles. The summed E-state index contributed by atoms with van der Waals surface area (Å²) in [7, 11) is 3.19. The fourth-order valence-corrected chi connectivity index (χ4v) is 2.66. The van der Waals surface area contributed by atoms with E-state index in [1.165, 1.54) is 0 Å². The topological polar surface area (TPSA) is 44.8 Å². The van der Waals surface area contributed by atoms with Gasteiger partial charge in [0.2, 0.25) is 0 Å². The summed E-state index contributed by atoms with van der Waals surface area (Å²) in [5.41, 5.74) is 0.790. The minimum atomic E-state index is -0.301. The van der Waals surface area contributed by atoms with Gasteiger partial charge in [-0.2, -0.15) is 0 Å². The maximum absolute atomic E-state index is 12.9. The Bertz CT molecular complexity index is 716. The number of ether oxygens (including phenoxy) is 3. The van der Waals surface area contributed by atoms with Crippen molar-refractivity contribution < 1.29 is 19.0 Å². The van der Waals surface area contributed by atoms with E-state index in [9.17, 15) is 4.79 Å². The van der Waals surface area contributed by atoms with Crippen molar-refractivity contribution in [2.75, 3.05) is 14.2 Å². The Morgan fingerprint density at radius 2 is 1.64 bits per heavy atom. The second-order valence-electron chi connectivity index (χ2n) is 7.05. The maximum atomic E-state index is 12.9. The number of carbonyl (C=O) groups is 1. The molecule has 0 N–H and O–H groups in total. The average Bonchev–Trinajstić information content (AvgIpc) is 2.59. The lowest BCUT2D eigenvalue weighted by Gasteiger charge is -2.29. The van der Waals surface area contributed by atoms with Gasteiger partial charge in [-0.25, -0.2) is 0 Å². The van der Waals surface area contributed by atoms with Gasteiger partial charge < -0.3 is 14.2 Å². The third-order valence-electron chi connectivity index (χ3n) is 4.18. The standard InChI is InChI=1S/C21H26O4/c1-21(2,3)17(14-15-9-8-10-16(13-15)23-4)20(22)25-19-12-7-6-11-18(19)24-5/h6-13,17H,14H2,1-5H3. The molecule has 1 unspecified atom stereocenters. The highest BCUT2D eigenvalue weighted by atomic mass is 16.6. The first-order chi connectivity index (χ1) is 11.8. The first-order valence-corrected chi connectivity index (χ1v) is 8.32. The van der Waals surface area contributed by atoms with Crippen LogP contribution in [0.4, 0.5) is 0 Å². The second kappa shape index (κ2) is 8.06. The molecule has 0 bridgehead atoms. The Morgan fingerprint density at radius 1 is 0.960 bits per heavy atom. The molecule has 4 heteroatoms. The lowest BCUT2D eigenvalue weighted by Crippen LogP contribution is -2.33. The first-order valence-electron chi connectivity index (χ1n) is 8.32. The molecule has 0 aliphatic rings. The lowest BCUT2D eigenvalue weighted by atomic mass is 9.77. The second-order valence-corrected chi connectivity index (χ2v) is 7.05. The fraction of sp³-hybridized carbons (Fsp3) is 0.381. The van der Waals surface area contributed by atoms with Crippen LogP contribution in [-0.4, -0.2) is 20.2 Å². The zero-order valence-electron chi connectivity index (χ0n) is 15.5. The number of rotatable bonds is 6. The summed E-state index contributed by atoms with van der Waals surface area (Å²) in [6.45, 7) is 6.13. The van der Waals surface area contributed by atoms with Crippen LogP contribution in [0.5, 0.6) is 17.2 Å². The Balaban J connectivity index is 2.23. The molecule has 25 heavy (non-hydrogen) atoms. The van der Waals surface area contributed by atoms with Crippen LogP contribution in [0.15, 0.2) is 48.5 Å². The van der Waals surface area contributed by atoms with Crippen molar-refractivity contribution >= 4 is 5.97 Å². The van der Waals surface area contributed by atoms with E-state index >= 15 is 0 Å². The number of carbonyl (C=O) groups excluding carboxylic acids is 1. The van der Waals surface area contributed by atoms with Gasteiger partial charge in [-0.05, 0) is 41.7 Å². The van der Waals surface area contributed by atoms with Crippen LogP contribution in [-0.2, 0) is 11.2 Å². The van der Waals surface area contributed by atoms with E-state index < -0.39 is 0 Å². The van der Waals surface area contributed by atoms with Crippen molar-refractivity contribution in [3.63, 3.8) is 0 Å². The van der Waals surface area contributed by atoms with Crippen LogP contribution in [0.2, 0.25) is 0 Å². The van der Waals surface area contributed by atoms with Gasteiger partial charge in [-0.3, -0.25) is 4.79 Å². The first kappa shape index (κ1) is 18.8. The Hall–Kier alpha value is -2.49. The molecule has 2 rings (SSSR count). The summed E-state index contributed by atoms with van der Waals surface area (Å²) in [5, 5.41) is 0. The zero-order chi connectivity index (χ0) is 18.4. The third kappa shape index (κ3) is 4.99. The van der Waals surface area contributed by atoms with Gasteiger partial charge in [0.1, 0.15) is 5.75 Å². The van der Waals surface area contributed by atoms with Crippen LogP contribution in [0.1, 0.15) is 26.3 Å². The fourth-order valence-electron chi connectivity index (χ4n) is 2.66. The SMILES string of the molecule is COc1cccc(CC(C(=O)Oc2ccccc2OC)C(C)(C)C)c1. The molecule has 134 valence electrons. The quantitative estimate of drug-likeness (QED) is 0.572. The van der Waals surface area contributed by atoms with Gasteiger partial charge in [0, 0.05) is 0 Å². The number of para-hydroxylation sites is 2. The van der Waals surface area contributed by atoms with Crippen molar-refractivity contribution in [2.24, 2.45) is 11.3 Å². The van der Waals surface area contributed by atoms with Crippen LogP contribution >= 0.6 is 0 Å². The molecule has 2 aromatic rings. The Morgan fingerprint density at radius 3 is 2.24 bits per heavy atom. The van der Waals surface area contributed by atoms with E-state index in [0.29, 0.717) is 17.9 Å². The molecule has 2 aromatic carbocycles. The molecule has 0 spiro atoms. The van der Waals surface area contributed by atoms with Crippen molar-refractivity contribution in [3.05, 3.63) is 54.1 Å². The number of hydrogen-bond donors (Lipinski definition) is 0. The molecule has 0 fully saturated rings. The predicted molar refractivity (Wildman–Crippen MR) is 98.3 cm³/mol. The normalized spacial score (nSPS) is 12.4. The van der Waals surface area contributed by atoms with Gasteiger partial charge in [-0.1, -0.05) is 45.0 Å². The summed E-state index contributed by atoms with van der Waals surface area (Å²) in [6, 6.07) is 14.9. The van der Waals surface area contributed by atoms with E-state index in [1.807, 2.05) is 57.2 Å². The maximum Gasteiger partial charge on any atom is 0.315 e. The number of esters is 1. The largest absolute Gasteiger partial charge is 0.497 e. The molecular formula is C21H26O4. The smallest absolute Gasteiger partial charge is 0.315 e. The van der Waals surface area contributed by atoms with E-state index in [0.717, 1.165) is 11.3 Å². The molecule has 0 amide bonds. The van der Waals surface area contributed by atoms with E-state index in [-0.39, 0.29) is 17.3 Å². The van der Waals surface area contributed by atoms with Crippen molar-refractivity contribution in [2.45, 2.75) is 27.2 Å².